The smallest absolute Gasteiger partial charge is 0.423 e. The zero-order chi connectivity index (χ0) is 9.14. The first-order valence-corrected chi connectivity index (χ1v) is 4.67. The standard InChI is InChI=1S/C7H10BNO2S/c1-12-7-4-5(9)2-3-6(7)8(10)11/h2-4,10-11H,9H2,1H3. The fourth-order valence-corrected chi connectivity index (χ4v) is 1.60. The van der Waals surface area contributed by atoms with Gasteiger partial charge in [-0.05, 0) is 23.9 Å². The van der Waals surface area contributed by atoms with Gasteiger partial charge < -0.3 is 15.8 Å². The minimum absolute atomic E-state index is 0.497. The van der Waals surface area contributed by atoms with E-state index in [4.69, 9.17) is 15.8 Å². The average Bonchev–Trinajstić information content (AvgIpc) is 2.03. The first-order valence-electron chi connectivity index (χ1n) is 3.44. The van der Waals surface area contributed by atoms with Crippen molar-refractivity contribution in [3.05, 3.63) is 18.2 Å². The van der Waals surface area contributed by atoms with Crippen LogP contribution >= 0.6 is 11.8 Å². The maximum Gasteiger partial charge on any atom is 0.489 e. The molecule has 0 fully saturated rings. The fraction of sp³-hybridized carbons (Fsp3) is 0.143. The number of benzene rings is 1. The summed E-state index contributed by atoms with van der Waals surface area (Å²) in [5.41, 5.74) is 6.65. The van der Waals surface area contributed by atoms with Crippen LogP contribution in [0.25, 0.3) is 0 Å². The van der Waals surface area contributed by atoms with E-state index in [0.29, 0.717) is 11.2 Å². The van der Waals surface area contributed by atoms with Gasteiger partial charge in [-0.1, -0.05) is 6.07 Å². The van der Waals surface area contributed by atoms with E-state index >= 15 is 0 Å². The molecule has 1 aromatic carbocycles. The van der Waals surface area contributed by atoms with E-state index in [1.165, 1.54) is 11.8 Å². The molecule has 0 unspecified atom stereocenters. The van der Waals surface area contributed by atoms with Crippen molar-refractivity contribution in [2.45, 2.75) is 4.90 Å². The van der Waals surface area contributed by atoms with Crippen molar-refractivity contribution in [2.75, 3.05) is 12.0 Å². The number of thioether (sulfide) groups is 1. The van der Waals surface area contributed by atoms with Gasteiger partial charge in [0.2, 0.25) is 0 Å². The third-order valence-corrected chi connectivity index (χ3v) is 2.33. The third-order valence-electron chi connectivity index (χ3n) is 1.54. The molecule has 0 heterocycles. The number of hydrogen-bond donors (Lipinski definition) is 3. The molecule has 0 aromatic heterocycles. The molecule has 0 atom stereocenters. The number of hydrogen-bond acceptors (Lipinski definition) is 4. The summed E-state index contributed by atoms with van der Waals surface area (Å²) in [4.78, 5) is 0.796. The normalized spacial score (nSPS) is 9.92. The average molecular weight is 183 g/mol. The minimum atomic E-state index is -1.42. The summed E-state index contributed by atoms with van der Waals surface area (Å²) in [6, 6.07) is 4.99. The van der Waals surface area contributed by atoms with Crippen LogP contribution in [0.2, 0.25) is 0 Å². The van der Waals surface area contributed by atoms with Crippen LogP contribution in [0.4, 0.5) is 5.69 Å². The van der Waals surface area contributed by atoms with E-state index in [1.807, 2.05) is 6.26 Å². The lowest BCUT2D eigenvalue weighted by Gasteiger charge is -2.06. The molecule has 0 aliphatic carbocycles. The first kappa shape index (κ1) is 9.44. The largest absolute Gasteiger partial charge is 0.489 e. The van der Waals surface area contributed by atoms with Crippen molar-refractivity contribution in [3.8, 4) is 0 Å². The number of rotatable bonds is 2. The predicted octanol–water partition coefficient (Wildman–Crippen LogP) is -0.329. The molecule has 0 radical (unpaired) electrons. The van der Waals surface area contributed by atoms with Gasteiger partial charge >= 0.3 is 7.12 Å². The van der Waals surface area contributed by atoms with Gasteiger partial charge in [0.1, 0.15) is 0 Å². The van der Waals surface area contributed by atoms with Gasteiger partial charge in [-0.2, -0.15) is 0 Å². The SMILES string of the molecule is CSc1cc(N)ccc1B(O)O. The number of anilines is 1. The van der Waals surface area contributed by atoms with Crippen LogP contribution in [-0.2, 0) is 0 Å². The molecule has 12 heavy (non-hydrogen) atoms. The maximum absolute atomic E-state index is 8.93. The van der Waals surface area contributed by atoms with E-state index < -0.39 is 7.12 Å². The molecule has 0 spiro atoms. The second kappa shape index (κ2) is 3.84. The van der Waals surface area contributed by atoms with Crippen LogP contribution in [0.5, 0.6) is 0 Å². The second-order valence-corrected chi connectivity index (χ2v) is 3.22. The highest BCUT2D eigenvalue weighted by Gasteiger charge is 2.14. The van der Waals surface area contributed by atoms with Gasteiger partial charge in [-0.3, -0.25) is 0 Å². The van der Waals surface area contributed by atoms with Gasteiger partial charge in [0.05, 0.1) is 0 Å². The Morgan fingerprint density at radius 1 is 1.42 bits per heavy atom. The highest BCUT2D eigenvalue weighted by atomic mass is 32.2. The highest BCUT2D eigenvalue weighted by molar-refractivity contribution is 7.98. The lowest BCUT2D eigenvalue weighted by atomic mass is 9.80. The first-order chi connectivity index (χ1) is 5.65. The summed E-state index contributed by atoms with van der Waals surface area (Å²) in [5.74, 6) is 0. The third kappa shape index (κ3) is 1.94. The fourth-order valence-electron chi connectivity index (χ4n) is 0.941. The Morgan fingerprint density at radius 3 is 2.58 bits per heavy atom. The van der Waals surface area contributed by atoms with Gasteiger partial charge in [-0.15, -0.1) is 11.8 Å². The van der Waals surface area contributed by atoms with Crippen molar-refractivity contribution in [3.63, 3.8) is 0 Å². The Balaban J connectivity index is 3.11. The van der Waals surface area contributed by atoms with Crippen LogP contribution < -0.4 is 11.2 Å². The quantitative estimate of drug-likeness (QED) is 0.333. The molecular weight excluding hydrogens is 173 g/mol. The van der Waals surface area contributed by atoms with Crippen LogP contribution in [0.1, 0.15) is 0 Å². The summed E-state index contributed by atoms with van der Waals surface area (Å²) in [7, 11) is -1.42. The van der Waals surface area contributed by atoms with E-state index in [0.717, 1.165) is 4.90 Å². The molecule has 5 heteroatoms. The predicted molar refractivity (Wildman–Crippen MR) is 52.5 cm³/mol. The number of nitrogens with two attached hydrogens (primary N) is 1. The van der Waals surface area contributed by atoms with Crippen LogP contribution in [-0.4, -0.2) is 23.4 Å². The molecule has 0 saturated carbocycles. The van der Waals surface area contributed by atoms with E-state index in [9.17, 15) is 0 Å². The Hall–Kier alpha value is -0.645. The lowest BCUT2D eigenvalue weighted by molar-refractivity contribution is 0.425. The lowest BCUT2D eigenvalue weighted by Crippen LogP contribution is -2.31. The van der Waals surface area contributed by atoms with Gasteiger partial charge in [-0.25, -0.2) is 0 Å². The van der Waals surface area contributed by atoms with Crippen molar-refractivity contribution < 1.29 is 10.0 Å². The molecular formula is C7H10BNO2S. The van der Waals surface area contributed by atoms with Gasteiger partial charge in [0, 0.05) is 10.6 Å². The Morgan fingerprint density at radius 2 is 2.08 bits per heavy atom. The summed E-state index contributed by atoms with van der Waals surface area (Å²) in [6.45, 7) is 0. The molecule has 0 aliphatic heterocycles. The molecule has 4 N–H and O–H groups in total. The van der Waals surface area contributed by atoms with E-state index in [1.54, 1.807) is 18.2 Å². The maximum atomic E-state index is 8.93. The summed E-state index contributed by atoms with van der Waals surface area (Å²) < 4.78 is 0. The number of nitrogen functional groups attached to an aromatic ring is 1. The Labute approximate surface area is 75.7 Å². The minimum Gasteiger partial charge on any atom is -0.423 e. The summed E-state index contributed by atoms with van der Waals surface area (Å²) in [6.07, 6.45) is 1.86. The Bertz CT molecular complexity index is 280. The van der Waals surface area contributed by atoms with Crippen molar-refractivity contribution in [2.24, 2.45) is 0 Å². The molecule has 0 bridgehead atoms. The van der Waals surface area contributed by atoms with E-state index in [2.05, 4.69) is 0 Å². The van der Waals surface area contributed by atoms with Crippen LogP contribution in [0.3, 0.4) is 0 Å². The van der Waals surface area contributed by atoms with Crippen molar-refractivity contribution in [1.29, 1.82) is 0 Å². The summed E-state index contributed by atoms with van der Waals surface area (Å²) in [5, 5.41) is 17.9. The molecule has 0 aliphatic rings. The van der Waals surface area contributed by atoms with Gasteiger partial charge in [0.15, 0.2) is 0 Å². The molecule has 1 aromatic rings. The van der Waals surface area contributed by atoms with Crippen LogP contribution in [0, 0.1) is 0 Å². The molecule has 0 saturated heterocycles. The highest BCUT2D eigenvalue weighted by Crippen LogP contribution is 2.15. The van der Waals surface area contributed by atoms with Gasteiger partial charge in [0.25, 0.3) is 0 Å². The van der Waals surface area contributed by atoms with Crippen LogP contribution in [0.15, 0.2) is 23.1 Å². The topological polar surface area (TPSA) is 66.5 Å². The molecule has 64 valence electrons. The molecule has 0 amide bonds. The summed E-state index contributed by atoms with van der Waals surface area (Å²) >= 11 is 1.44. The van der Waals surface area contributed by atoms with Crippen molar-refractivity contribution >= 4 is 30.0 Å². The van der Waals surface area contributed by atoms with E-state index in [-0.39, 0.29) is 0 Å². The molecule has 1 rings (SSSR count). The van der Waals surface area contributed by atoms with Crippen molar-refractivity contribution in [1.82, 2.24) is 0 Å². The second-order valence-electron chi connectivity index (χ2n) is 2.38. The Kier molecular flexibility index (Phi) is 3.02. The molecule has 3 nitrogen and oxygen atoms in total. The zero-order valence-electron chi connectivity index (χ0n) is 6.69. The zero-order valence-corrected chi connectivity index (χ0v) is 7.51. The monoisotopic (exact) mass is 183 g/mol.